The number of fused-ring (bicyclic) bond motifs is 9. The Morgan fingerprint density at radius 1 is 0.340 bits per heavy atom. The molecule has 100 heavy (non-hydrogen) atoms. The molecule has 0 N–H and O–H groups in total. The van der Waals surface area contributed by atoms with Crippen molar-refractivity contribution in [1.29, 1.82) is 0 Å². The SMILES string of the molecule is Cc1cccc(-c2ccc(-c3ccc4c5cc(-c6nc7ccc(-c8cccc9ccccc89)cc7c7ccccc67)cc6oc7c(-c8ccc(-c9ccccc9-c9ccc%10oc%11ccccc%11c%10c9)cc8)ccc(c8cc(N9CC=CC(c%10ccccn%10)=N9)cc9oc3c4c98)c7c65)cn2)c1. The van der Waals surface area contributed by atoms with Crippen molar-refractivity contribution in [2.45, 2.75) is 6.92 Å². The zero-order chi connectivity index (χ0) is 65.7. The quantitative estimate of drug-likeness (QED) is 0.133. The predicted octanol–water partition coefficient (Wildman–Crippen LogP) is 24.5. The van der Waals surface area contributed by atoms with Crippen molar-refractivity contribution in [3.05, 3.63) is 315 Å². The van der Waals surface area contributed by atoms with Crippen molar-refractivity contribution in [1.82, 2.24) is 15.0 Å². The van der Waals surface area contributed by atoms with Crippen LogP contribution in [0.3, 0.4) is 0 Å². The second-order valence-corrected chi connectivity index (χ2v) is 26.4. The van der Waals surface area contributed by atoms with E-state index in [2.05, 4.69) is 273 Å². The van der Waals surface area contributed by atoms with E-state index in [4.69, 9.17) is 33.3 Å². The standard InChI is InChI=1S/C92H55N5O3/c1-53-15-12-18-59(45-53)78-40-34-60(52-94-78)68-37-39-71-76-48-61(90-73-24-7-6-22-69(73)74-46-57(33-41-79(74)95-90)66-25-13-17-54-16-2-3-19-63(54)66)49-84-86(76)89-72(77-50-62(51-85-87(77)88(71)92(68)100-85)97-44-14-27-81(96-97)80-26-10-11-43-93-80)38-36-67(91(89)99-84)56-31-29-55(30-32-56)64-20-4-5-21-65(64)58-35-42-83-75(47-58)70-23-8-9-28-82(70)98-83/h2-43,45-52H,44H2,1H3. The Morgan fingerprint density at radius 2 is 0.960 bits per heavy atom. The molecule has 21 rings (SSSR count). The maximum atomic E-state index is 7.67. The number of rotatable bonds is 9. The van der Waals surface area contributed by atoms with Gasteiger partial charge in [0.2, 0.25) is 0 Å². The average molecular weight is 1280 g/mol. The third kappa shape index (κ3) is 8.73. The largest absolute Gasteiger partial charge is 0.456 e. The van der Waals surface area contributed by atoms with Crippen LogP contribution >= 0.6 is 0 Å². The Balaban J connectivity index is 0.811. The number of aromatic nitrogens is 3. The fourth-order valence-electron chi connectivity index (χ4n) is 15.9. The number of allylic oxidation sites excluding steroid dienone is 1. The summed E-state index contributed by atoms with van der Waals surface area (Å²) in [5.41, 5.74) is 23.8. The Hall–Kier alpha value is -13.3. The Bertz CT molecular complexity index is 6870. The molecule has 0 saturated carbocycles. The van der Waals surface area contributed by atoms with Crippen molar-refractivity contribution in [3.8, 4) is 78.1 Å². The monoisotopic (exact) mass is 1280 g/mol. The lowest BCUT2D eigenvalue weighted by atomic mass is 9.89. The topological polar surface area (TPSA) is 93.7 Å². The zero-order valence-corrected chi connectivity index (χ0v) is 54.0. The van der Waals surface area contributed by atoms with Crippen molar-refractivity contribution in [2.24, 2.45) is 5.10 Å². The van der Waals surface area contributed by atoms with Gasteiger partial charge in [-0.25, -0.2) is 4.98 Å². The number of benzene rings is 13. The van der Waals surface area contributed by atoms with Gasteiger partial charge in [-0.15, -0.1) is 0 Å². The van der Waals surface area contributed by atoms with Gasteiger partial charge < -0.3 is 13.3 Å². The van der Waals surface area contributed by atoms with Crippen LogP contribution in [0, 0.1) is 6.92 Å². The highest BCUT2D eigenvalue weighted by Crippen LogP contribution is 2.52. The summed E-state index contributed by atoms with van der Waals surface area (Å²) in [6.07, 6.45) is 8.00. The summed E-state index contributed by atoms with van der Waals surface area (Å²) < 4.78 is 21.5. The van der Waals surface area contributed by atoms with Crippen LogP contribution < -0.4 is 5.01 Å². The lowest BCUT2D eigenvalue weighted by molar-refractivity contribution is 0.669. The predicted molar refractivity (Wildman–Crippen MR) is 413 cm³/mol. The van der Waals surface area contributed by atoms with Crippen LogP contribution in [0.2, 0.25) is 0 Å². The molecule has 0 spiro atoms. The molecule has 0 unspecified atom stereocenters. The number of hydrogen-bond acceptors (Lipinski definition) is 8. The number of furan rings is 3. The van der Waals surface area contributed by atoms with E-state index in [1.54, 1.807) is 0 Å². The number of hydrogen-bond donors (Lipinski definition) is 0. The first kappa shape index (κ1) is 55.9. The first-order valence-electron chi connectivity index (χ1n) is 33.9. The van der Waals surface area contributed by atoms with Gasteiger partial charge in [0, 0.05) is 89.4 Å². The number of pyridine rings is 3. The number of nitrogens with zero attached hydrogens (tertiary/aromatic N) is 5. The molecule has 1 aliphatic rings. The molecule has 8 nitrogen and oxygen atoms in total. The highest BCUT2D eigenvalue weighted by molar-refractivity contribution is 6.38. The van der Waals surface area contributed by atoms with Crippen LogP contribution in [-0.4, -0.2) is 27.2 Å². The van der Waals surface area contributed by atoms with Crippen LogP contribution in [-0.2, 0) is 0 Å². The molecule has 6 aromatic heterocycles. The molecule has 0 fully saturated rings. The number of anilines is 1. The van der Waals surface area contributed by atoms with Gasteiger partial charge in [0.1, 0.15) is 39.2 Å². The highest BCUT2D eigenvalue weighted by atomic mass is 16.3. The fraction of sp³-hybridized carbons (Fsp3) is 0.0217. The molecule has 0 atom stereocenters. The molecule has 7 heterocycles. The Labute approximate surface area is 572 Å². The van der Waals surface area contributed by atoms with E-state index in [1.807, 2.05) is 42.7 Å². The van der Waals surface area contributed by atoms with Gasteiger partial charge in [-0.05, 0) is 175 Å². The summed E-state index contributed by atoms with van der Waals surface area (Å²) >= 11 is 0. The molecular weight excluding hydrogens is 1220 g/mol. The van der Waals surface area contributed by atoms with Gasteiger partial charge in [-0.1, -0.05) is 200 Å². The van der Waals surface area contributed by atoms with Gasteiger partial charge in [0.05, 0.1) is 34.8 Å². The lowest BCUT2D eigenvalue weighted by Crippen LogP contribution is -2.22. The Morgan fingerprint density at radius 3 is 1.75 bits per heavy atom. The summed E-state index contributed by atoms with van der Waals surface area (Å²) in [6.45, 7) is 2.66. The molecule has 8 heteroatoms. The van der Waals surface area contributed by atoms with Gasteiger partial charge in [-0.2, -0.15) is 5.10 Å². The molecule has 0 amide bonds. The molecule has 0 bridgehead atoms. The van der Waals surface area contributed by atoms with Gasteiger partial charge in [0.15, 0.2) is 0 Å². The minimum atomic E-state index is 0.549. The minimum Gasteiger partial charge on any atom is -0.456 e. The van der Waals surface area contributed by atoms with Crippen molar-refractivity contribution in [3.63, 3.8) is 0 Å². The normalized spacial score (nSPS) is 12.8. The van der Waals surface area contributed by atoms with Crippen LogP contribution in [0.1, 0.15) is 11.3 Å². The molecule has 20 aromatic rings. The van der Waals surface area contributed by atoms with Crippen molar-refractivity contribution < 1.29 is 13.3 Å². The fourth-order valence-corrected chi connectivity index (χ4v) is 15.9. The summed E-state index contributed by atoms with van der Waals surface area (Å²) in [5.74, 6) is 0. The van der Waals surface area contributed by atoms with E-state index in [1.165, 1.54) is 21.9 Å². The number of aryl methyl sites for hydroxylation is 1. The van der Waals surface area contributed by atoms with Crippen LogP contribution in [0.5, 0.6) is 0 Å². The van der Waals surface area contributed by atoms with Crippen LogP contribution in [0.15, 0.2) is 322 Å². The number of para-hydroxylation sites is 1. The highest BCUT2D eigenvalue weighted by Gasteiger charge is 2.28. The summed E-state index contributed by atoms with van der Waals surface area (Å²) in [7, 11) is 0. The van der Waals surface area contributed by atoms with Gasteiger partial charge in [0.25, 0.3) is 0 Å². The summed E-state index contributed by atoms with van der Waals surface area (Å²) in [6, 6.07) is 99.9. The number of hydrazone groups is 1. The van der Waals surface area contributed by atoms with E-state index >= 15 is 0 Å². The molecular formula is C92H55N5O3. The third-order valence-corrected chi connectivity index (χ3v) is 20.6. The van der Waals surface area contributed by atoms with Crippen LogP contribution in [0.25, 0.3) is 198 Å². The van der Waals surface area contributed by atoms with Gasteiger partial charge in [-0.3, -0.25) is 15.0 Å². The summed E-state index contributed by atoms with van der Waals surface area (Å²) in [4.78, 5) is 15.5. The second-order valence-electron chi connectivity index (χ2n) is 26.4. The summed E-state index contributed by atoms with van der Waals surface area (Å²) in [5, 5.41) is 23.3. The molecule has 1 aliphatic heterocycles. The van der Waals surface area contributed by atoms with E-state index in [9.17, 15) is 0 Å². The first-order chi connectivity index (χ1) is 49.4. The van der Waals surface area contributed by atoms with Crippen molar-refractivity contribution >= 4 is 131 Å². The third-order valence-electron chi connectivity index (χ3n) is 20.6. The molecule has 0 saturated heterocycles. The van der Waals surface area contributed by atoms with E-state index < -0.39 is 0 Å². The molecule has 466 valence electrons. The van der Waals surface area contributed by atoms with Gasteiger partial charge >= 0.3 is 0 Å². The van der Waals surface area contributed by atoms with E-state index in [0.717, 1.165) is 199 Å². The maximum Gasteiger partial charge on any atom is 0.143 e. The minimum absolute atomic E-state index is 0.549. The zero-order valence-electron chi connectivity index (χ0n) is 54.0. The molecule has 0 radical (unpaired) electrons. The smallest absolute Gasteiger partial charge is 0.143 e. The molecule has 0 aliphatic carbocycles. The lowest BCUT2D eigenvalue weighted by Gasteiger charge is -2.22. The Kier molecular flexibility index (Phi) is 12.2. The van der Waals surface area contributed by atoms with E-state index in [0.29, 0.717) is 6.54 Å². The van der Waals surface area contributed by atoms with Crippen molar-refractivity contribution in [2.75, 3.05) is 11.6 Å². The first-order valence-corrected chi connectivity index (χ1v) is 33.9. The van der Waals surface area contributed by atoms with Crippen LogP contribution in [0.4, 0.5) is 5.69 Å². The second kappa shape index (κ2) is 21.9. The average Bonchev–Trinajstić information content (AvgIpc) is 1.51. The maximum absolute atomic E-state index is 7.67. The van der Waals surface area contributed by atoms with E-state index in [-0.39, 0.29) is 0 Å². The molecule has 14 aromatic carbocycles.